The molecule has 0 fully saturated rings. The molecule has 2 aromatic heterocycles. The van der Waals surface area contributed by atoms with Crippen LogP contribution in [0.5, 0.6) is 5.75 Å². The van der Waals surface area contributed by atoms with E-state index in [9.17, 15) is 4.79 Å². The van der Waals surface area contributed by atoms with Crippen LogP contribution in [-0.4, -0.2) is 21.5 Å². The normalized spacial score (nSPS) is 11.6. The summed E-state index contributed by atoms with van der Waals surface area (Å²) in [5.41, 5.74) is 3.74. The molecule has 0 aliphatic heterocycles. The largest absolute Gasteiger partial charge is 0.497 e. The topological polar surface area (TPSA) is 49.1 Å². The Morgan fingerprint density at radius 3 is 2.54 bits per heavy atom. The highest BCUT2D eigenvalue weighted by molar-refractivity contribution is 6.06. The summed E-state index contributed by atoms with van der Waals surface area (Å²) in [4.78, 5) is 13.3. The van der Waals surface area contributed by atoms with Gasteiger partial charge >= 0.3 is 0 Å². The van der Waals surface area contributed by atoms with Gasteiger partial charge in [0.1, 0.15) is 5.75 Å². The lowest BCUT2D eigenvalue weighted by Gasteiger charge is -2.15. The second kappa shape index (κ2) is 7.15. The van der Waals surface area contributed by atoms with Crippen molar-refractivity contribution in [3.8, 4) is 5.75 Å². The van der Waals surface area contributed by atoms with Gasteiger partial charge in [0.05, 0.1) is 19.2 Å². The number of fused-ring (bicyclic) bond motifs is 3. The fourth-order valence-electron chi connectivity index (χ4n) is 3.87. The number of hydrogen-bond acceptors (Lipinski definition) is 3. The van der Waals surface area contributed by atoms with Crippen molar-refractivity contribution in [1.82, 2.24) is 14.3 Å². The summed E-state index contributed by atoms with van der Waals surface area (Å²) in [5.74, 6) is 1.33. The number of hydrogen-bond donors (Lipinski definition) is 0. The number of methoxy groups -OCH3 is 1. The summed E-state index contributed by atoms with van der Waals surface area (Å²) in [5, 5.41) is 6.54. The zero-order valence-corrected chi connectivity index (χ0v) is 16.8. The van der Waals surface area contributed by atoms with Gasteiger partial charge in [0, 0.05) is 24.0 Å². The number of benzene rings is 2. The maximum atomic E-state index is 13.3. The van der Waals surface area contributed by atoms with Gasteiger partial charge in [0.15, 0.2) is 5.52 Å². The first-order valence-electron chi connectivity index (χ1n) is 9.58. The van der Waals surface area contributed by atoms with Gasteiger partial charge in [-0.15, -0.1) is 0 Å². The predicted octanol–water partition coefficient (Wildman–Crippen LogP) is 4.14. The van der Waals surface area contributed by atoms with Gasteiger partial charge in [-0.2, -0.15) is 5.10 Å². The van der Waals surface area contributed by atoms with Crippen molar-refractivity contribution in [2.45, 2.75) is 26.8 Å². The van der Waals surface area contributed by atoms with Crippen LogP contribution in [0.1, 0.15) is 25.0 Å². The summed E-state index contributed by atoms with van der Waals surface area (Å²) in [6.45, 7) is 4.93. The molecule has 5 heteroatoms. The summed E-state index contributed by atoms with van der Waals surface area (Å²) >= 11 is 0. The third-order valence-corrected chi connectivity index (χ3v) is 5.09. The second-order valence-electron chi connectivity index (χ2n) is 7.71. The monoisotopic (exact) mass is 375 g/mol. The van der Waals surface area contributed by atoms with E-state index in [1.165, 1.54) is 5.56 Å². The van der Waals surface area contributed by atoms with Crippen LogP contribution < -0.4 is 10.3 Å². The molecule has 4 aromatic rings. The molecule has 0 saturated heterocycles. The molecule has 0 atom stereocenters. The van der Waals surface area contributed by atoms with Crippen molar-refractivity contribution >= 4 is 21.8 Å². The SMILES string of the molecule is COc1ccc(Cn2c(=O)c3nn(C)cc3c3c(CC(C)C)cccc32)cc1. The van der Waals surface area contributed by atoms with Crippen LogP contribution in [0, 0.1) is 5.92 Å². The number of nitrogens with zero attached hydrogens (tertiary/aromatic N) is 3. The average molecular weight is 375 g/mol. The molecular weight excluding hydrogens is 350 g/mol. The zero-order chi connectivity index (χ0) is 19.8. The molecule has 28 heavy (non-hydrogen) atoms. The van der Waals surface area contributed by atoms with E-state index in [4.69, 9.17) is 4.74 Å². The van der Waals surface area contributed by atoms with E-state index in [0.717, 1.165) is 34.0 Å². The molecule has 0 radical (unpaired) electrons. The molecule has 0 spiro atoms. The van der Waals surface area contributed by atoms with Gasteiger partial charge in [-0.3, -0.25) is 9.48 Å². The Labute approximate surface area is 164 Å². The quantitative estimate of drug-likeness (QED) is 0.527. The Balaban J connectivity index is 1.98. The van der Waals surface area contributed by atoms with E-state index in [2.05, 4.69) is 25.0 Å². The Morgan fingerprint density at radius 2 is 1.86 bits per heavy atom. The number of aromatic nitrogens is 3. The van der Waals surface area contributed by atoms with Crippen LogP contribution in [0.3, 0.4) is 0 Å². The van der Waals surface area contributed by atoms with Crippen molar-refractivity contribution in [3.05, 3.63) is 70.1 Å². The lowest BCUT2D eigenvalue weighted by molar-refractivity contribution is 0.414. The third-order valence-electron chi connectivity index (χ3n) is 5.09. The second-order valence-corrected chi connectivity index (χ2v) is 7.71. The number of aryl methyl sites for hydroxylation is 1. The highest BCUT2D eigenvalue weighted by atomic mass is 16.5. The van der Waals surface area contributed by atoms with E-state index >= 15 is 0 Å². The van der Waals surface area contributed by atoms with E-state index in [-0.39, 0.29) is 5.56 Å². The highest BCUT2D eigenvalue weighted by Gasteiger charge is 2.17. The summed E-state index contributed by atoms with van der Waals surface area (Å²) in [6, 6.07) is 14.1. The molecule has 5 nitrogen and oxygen atoms in total. The molecule has 0 bridgehead atoms. The standard InChI is InChI=1S/C23H25N3O2/c1-15(2)12-17-6-5-7-20-21(17)19-14-25(3)24-22(19)23(27)26(20)13-16-8-10-18(28-4)11-9-16/h5-11,14-15H,12-13H2,1-4H3. The Morgan fingerprint density at radius 1 is 1.11 bits per heavy atom. The lowest BCUT2D eigenvalue weighted by atomic mass is 9.97. The first-order chi connectivity index (χ1) is 13.5. The minimum absolute atomic E-state index is 0.0550. The minimum atomic E-state index is -0.0550. The van der Waals surface area contributed by atoms with Crippen molar-refractivity contribution in [1.29, 1.82) is 0 Å². The van der Waals surface area contributed by atoms with Gasteiger partial charge < -0.3 is 9.30 Å². The molecule has 144 valence electrons. The number of pyridine rings is 1. The average Bonchev–Trinajstić information content (AvgIpc) is 3.07. The number of rotatable bonds is 5. The maximum absolute atomic E-state index is 13.3. The maximum Gasteiger partial charge on any atom is 0.279 e. The van der Waals surface area contributed by atoms with Crippen LogP contribution in [0.15, 0.2) is 53.5 Å². The molecule has 0 aliphatic rings. The lowest BCUT2D eigenvalue weighted by Crippen LogP contribution is -2.22. The number of ether oxygens (including phenoxy) is 1. The van der Waals surface area contributed by atoms with Crippen molar-refractivity contribution in [2.75, 3.05) is 7.11 Å². The fraction of sp³-hybridized carbons (Fsp3) is 0.304. The first kappa shape index (κ1) is 18.3. The molecular formula is C23H25N3O2. The summed E-state index contributed by atoms with van der Waals surface area (Å²) in [7, 11) is 3.52. The molecule has 2 aromatic carbocycles. The molecule has 0 aliphatic carbocycles. The summed E-state index contributed by atoms with van der Waals surface area (Å²) < 4.78 is 8.82. The van der Waals surface area contributed by atoms with Crippen LogP contribution in [0.2, 0.25) is 0 Å². The van der Waals surface area contributed by atoms with Crippen LogP contribution in [0.25, 0.3) is 21.8 Å². The van der Waals surface area contributed by atoms with E-state index < -0.39 is 0 Å². The van der Waals surface area contributed by atoms with Gasteiger partial charge in [-0.05, 0) is 41.7 Å². The van der Waals surface area contributed by atoms with Crippen molar-refractivity contribution in [3.63, 3.8) is 0 Å². The van der Waals surface area contributed by atoms with Crippen molar-refractivity contribution in [2.24, 2.45) is 13.0 Å². The Kier molecular flexibility index (Phi) is 4.67. The molecule has 0 saturated carbocycles. The highest BCUT2D eigenvalue weighted by Crippen LogP contribution is 2.28. The minimum Gasteiger partial charge on any atom is -0.497 e. The van der Waals surface area contributed by atoms with Crippen LogP contribution in [0.4, 0.5) is 0 Å². The van der Waals surface area contributed by atoms with Gasteiger partial charge in [0.25, 0.3) is 5.56 Å². The van der Waals surface area contributed by atoms with Gasteiger partial charge in [-0.1, -0.05) is 38.1 Å². The fourth-order valence-corrected chi connectivity index (χ4v) is 3.87. The molecule has 0 amide bonds. The van der Waals surface area contributed by atoms with E-state index in [1.54, 1.807) is 11.8 Å². The van der Waals surface area contributed by atoms with E-state index in [1.807, 2.05) is 54.2 Å². The molecule has 0 unspecified atom stereocenters. The van der Waals surface area contributed by atoms with Crippen LogP contribution >= 0.6 is 0 Å². The third kappa shape index (κ3) is 3.17. The van der Waals surface area contributed by atoms with Crippen LogP contribution in [-0.2, 0) is 20.0 Å². The molecule has 4 rings (SSSR count). The first-order valence-corrected chi connectivity index (χ1v) is 9.58. The zero-order valence-electron chi connectivity index (χ0n) is 16.8. The summed E-state index contributed by atoms with van der Waals surface area (Å²) in [6.07, 6.45) is 2.92. The smallest absolute Gasteiger partial charge is 0.279 e. The van der Waals surface area contributed by atoms with Crippen molar-refractivity contribution < 1.29 is 4.74 Å². The Hall–Kier alpha value is -3.08. The Bertz CT molecular complexity index is 1200. The predicted molar refractivity (Wildman–Crippen MR) is 113 cm³/mol. The van der Waals surface area contributed by atoms with E-state index in [0.29, 0.717) is 18.0 Å². The molecule has 2 heterocycles. The van der Waals surface area contributed by atoms with Gasteiger partial charge in [0.2, 0.25) is 0 Å². The van der Waals surface area contributed by atoms with Gasteiger partial charge in [-0.25, -0.2) is 0 Å². The molecule has 0 N–H and O–H groups in total.